The molecular weight excluding hydrogens is 248 g/mol. The third-order valence-electron chi connectivity index (χ3n) is 2.32. The predicted octanol–water partition coefficient (Wildman–Crippen LogP) is 0.743. The van der Waals surface area contributed by atoms with Crippen LogP contribution in [0.5, 0.6) is 5.75 Å². The first-order valence-electron chi connectivity index (χ1n) is 5.60. The van der Waals surface area contributed by atoms with E-state index in [1.807, 2.05) is 6.07 Å². The Morgan fingerprint density at radius 2 is 1.79 bits per heavy atom. The molecule has 1 amide bonds. The first kappa shape index (κ1) is 14.5. The third-order valence-corrected chi connectivity index (χ3v) is 2.32. The molecule has 0 bridgehead atoms. The number of nitrogens with zero attached hydrogens (tertiary/aromatic N) is 1. The number of nitrogens with two attached hydrogens (primary N) is 1. The molecule has 0 radical (unpaired) electrons. The van der Waals surface area contributed by atoms with Gasteiger partial charge in [-0.15, -0.1) is 0 Å². The third kappa shape index (κ3) is 4.32. The number of amides is 1. The fraction of sp³-hybridized carbons (Fsp3) is 0.308. The van der Waals surface area contributed by atoms with Crippen LogP contribution in [-0.4, -0.2) is 24.1 Å². The molecule has 0 aliphatic heterocycles. The zero-order valence-electron chi connectivity index (χ0n) is 10.6. The zero-order chi connectivity index (χ0) is 14.4. The van der Waals surface area contributed by atoms with Gasteiger partial charge in [0.15, 0.2) is 12.2 Å². The Bertz CT molecular complexity index is 504. The minimum atomic E-state index is -1.00. The van der Waals surface area contributed by atoms with E-state index in [1.165, 1.54) is 13.8 Å². The lowest BCUT2D eigenvalue weighted by Crippen LogP contribution is -2.35. The maximum atomic E-state index is 11.6. The number of rotatable bonds is 5. The van der Waals surface area contributed by atoms with E-state index in [-0.39, 0.29) is 0 Å². The van der Waals surface area contributed by atoms with Crippen molar-refractivity contribution in [1.82, 2.24) is 0 Å². The standard InChI is InChI=1S/C13H14N2O4/c1-8(12(15)16)19-13(17)9(2)18-11-5-3-10(7-14)4-6-11/h3-6,8-9H,1-2H3,(H2,15,16). The van der Waals surface area contributed by atoms with Crippen molar-refractivity contribution >= 4 is 11.9 Å². The number of ether oxygens (including phenoxy) is 2. The van der Waals surface area contributed by atoms with Crippen LogP contribution in [0.25, 0.3) is 0 Å². The Morgan fingerprint density at radius 1 is 1.21 bits per heavy atom. The Kier molecular flexibility index (Phi) is 4.89. The van der Waals surface area contributed by atoms with E-state index in [0.717, 1.165) is 0 Å². The van der Waals surface area contributed by atoms with Crippen LogP contribution in [0.4, 0.5) is 0 Å². The first-order chi connectivity index (χ1) is 8.93. The minimum Gasteiger partial charge on any atom is -0.479 e. The van der Waals surface area contributed by atoms with E-state index in [2.05, 4.69) is 0 Å². The van der Waals surface area contributed by atoms with E-state index < -0.39 is 24.1 Å². The monoisotopic (exact) mass is 262 g/mol. The molecule has 0 heterocycles. The molecular formula is C13H14N2O4. The highest BCUT2D eigenvalue weighted by Gasteiger charge is 2.21. The van der Waals surface area contributed by atoms with Gasteiger partial charge in [-0.05, 0) is 38.1 Å². The maximum Gasteiger partial charge on any atom is 0.347 e. The van der Waals surface area contributed by atoms with Gasteiger partial charge in [-0.2, -0.15) is 5.26 Å². The molecule has 0 aliphatic rings. The molecule has 0 spiro atoms. The Morgan fingerprint density at radius 3 is 2.26 bits per heavy atom. The summed E-state index contributed by atoms with van der Waals surface area (Å²) in [6, 6.07) is 8.25. The number of benzene rings is 1. The van der Waals surface area contributed by atoms with Gasteiger partial charge in [0.2, 0.25) is 0 Å². The smallest absolute Gasteiger partial charge is 0.347 e. The molecule has 19 heavy (non-hydrogen) atoms. The first-order valence-corrected chi connectivity index (χ1v) is 5.60. The van der Waals surface area contributed by atoms with Crippen LogP contribution in [0, 0.1) is 11.3 Å². The summed E-state index contributed by atoms with van der Waals surface area (Å²) in [6.07, 6.45) is -1.88. The number of carbonyl (C=O) groups is 2. The molecule has 1 aromatic rings. The summed E-state index contributed by atoms with van der Waals surface area (Å²) in [4.78, 5) is 22.3. The molecule has 0 aromatic heterocycles. The van der Waals surface area contributed by atoms with Crippen molar-refractivity contribution < 1.29 is 19.1 Å². The maximum absolute atomic E-state index is 11.6. The van der Waals surface area contributed by atoms with Gasteiger partial charge < -0.3 is 15.2 Å². The number of carbonyl (C=O) groups excluding carboxylic acids is 2. The van der Waals surface area contributed by atoms with Crippen LogP contribution >= 0.6 is 0 Å². The average Bonchev–Trinajstić information content (AvgIpc) is 2.39. The summed E-state index contributed by atoms with van der Waals surface area (Å²) < 4.78 is 10.1. The number of esters is 1. The second-order valence-electron chi connectivity index (χ2n) is 3.88. The van der Waals surface area contributed by atoms with Crippen molar-refractivity contribution in [2.24, 2.45) is 5.73 Å². The van der Waals surface area contributed by atoms with Gasteiger partial charge in [0.1, 0.15) is 5.75 Å². The number of hydrogen-bond donors (Lipinski definition) is 1. The fourth-order valence-corrected chi connectivity index (χ4v) is 1.19. The van der Waals surface area contributed by atoms with Crippen molar-refractivity contribution in [2.75, 3.05) is 0 Å². The van der Waals surface area contributed by atoms with Gasteiger partial charge in [0, 0.05) is 0 Å². The van der Waals surface area contributed by atoms with Crippen molar-refractivity contribution in [1.29, 1.82) is 5.26 Å². The summed E-state index contributed by atoms with van der Waals surface area (Å²) in [6.45, 7) is 2.88. The highest BCUT2D eigenvalue weighted by Crippen LogP contribution is 2.14. The van der Waals surface area contributed by atoms with E-state index in [9.17, 15) is 9.59 Å². The molecule has 0 saturated heterocycles. The Labute approximate surface area is 110 Å². The van der Waals surface area contributed by atoms with Crippen LogP contribution < -0.4 is 10.5 Å². The molecule has 6 nitrogen and oxygen atoms in total. The number of primary amides is 1. The van der Waals surface area contributed by atoms with Gasteiger partial charge in [-0.1, -0.05) is 0 Å². The van der Waals surface area contributed by atoms with Crippen molar-refractivity contribution in [3.63, 3.8) is 0 Å². The van der Waals surface area contributed by atoms with E-state index in [1.54, 1.807) is 24.3 Å². The fourth-order valence-electron chi connectivity index (χ4n) is 1.19. The van der Waals surface area contributed by atoms with Gasteiger partial charge >= 0.3 is 5.97 Å². The Hall–Kier alpha value is -2.55. The molecule has 0 saturated carbocycles. The summed E-state index contributed by atoms with van der Waals surface area (Å²) >= 11 is 0. The average molecular weight is 262 g/mol. The highest BCUT2D eigenvalue weighted by molar-refractivity contribution is 5.83. The van der Waals surface area contributed by atoms with E-state index in [4.69, 9.17) is 20.5 Å². The molecule has 0 fully saturated rings. The minimum absolute atomic E-state index is 0.426. The lowest BCUT2D eigenvalue weighted by atomic mass is 10.2. The Balaban J connectivity index is 2.58. The van der Waals surface area contributed by atoms with E-state index in [0.29, 0.717) is 11.3 Å². The molecule has 100 valence electrons. The van der Waals surface area contributed by atoms with Crippen molar-refractivity contribution in [3.8, 4) is 11.8 Å². The van der Waals surface area contributed by atoms with Crippen LogP contribution in [0.1, 0.15) is 19.4 Å². The number of hydrogen-bond acceptors (Lipinski definition) is 5. The second kappa shape index (κ2) is 6.40. The van der Waals surface area contributed by atoms with Crippen LogP contribution in [0.3, 0.4) is 0 Å². The SMILES string of the molecule is CC(OC(=O)C(C)Oc1ccc(C#N)cc1)C(N)=O. The van der Waals surface area contributed by atoms with E-state index >= 15 is 0 Å². The molecule has 2 unspecified atom stereocenters. The largest absolute Gasteiger partial charge is 0.479 e. The predicted molar refractivity (Wildman–Crippen MR) is 66.0 cm³/mol. The lowest BCUT2D eigenvalue weighted by molar-refractivity contribution is -0.159. The quantitative estimate of drug-likeness (QED) is 0.788. The van der Waals surface area contributed by atoms with Crippen molar-refractivity contribution in [2.45, 2.75) is 26.1 Å². The zero-order valence-corrected chi connectivity index (χ0v) is 10.6. The lowest BCUT2D eigenvalue weighted by Gasteiger charge is -2.16. The van der Waals surface area contributed by atoms with Gasteiger partial charge in [-0.25, -0.2) is 4.79 Å². The van der Waals surface area contributed by atoms with Crippen LogP contribution in [0.15, 0.2) is 24.3 Å². The molecule has 2 atom stereocenters. The normalized spacial score (nSPS) is 12.9. The second-order valence-corrected chi connectivity index (χ2v) is 3.88. The number of nitriles is 1. The summed E-state index contributed by atoms with van der Waals surface area (Å²) in [5.74, 6) is -0.982. The van der Waals surface area contributed by atoms with Gasteiger partial charge in [0.25, 0.3) is 5.91 Å². The summed E-state index contributed by atoms with van der Waals surface area (Å²) in [5, 5.41) is 8.64. The summed E-state index contributed by atoms with van der Waals surface area (Å²) in [7, 11) is 0. The molecule has 6 heteroatoms. The van der Waals surface area contributed by atoms with Gasteiger partial charge in [0.05, 0.1) is 11.6 Å². The highest BCUT2D eigenvalue weighted by atomic mass is 16.6. The summed E-state index contributed by atoms with van der Waals surface area (Å²) in [5.41, 5.74) is 5.47. The molecule has 0 aliphatic carbocycles. The van der Waals surface area contributed by atoms with Crippen LogP contribution in [0.2, 0.25) is 0 Å². The molecule has 2 N–H and O–H groups in total. The molecule has 1 aromatic carbocycles. The molecule has 1 rings (SSSR count). The topological polar surface area (TPSA) is 102 Å². The van der Waals surface area contributed by atoms with Gasteiger partial charge in [-0.3, -0.25) is 4.79 Å². The van der Waals surface area contributed by atoms with Crippen molar-refractivity contribution in [3.05, 3.63) is 29.8 Å². The van der Waals surface area contributed by atoms with Crippen LogP contribution in [-0.2, 0) is 14.3 Å².